The van der Waals surface area contributed by atoms with Crippen LogP contribution in [0.1, 0.15) is 18.9 Å². The summed E-state index contributed by atoms with van der Waals surface area (Å²) < 4.78 is 64.3. The molecular weight excluding hydrogens is 305 g/mol. The summed E-state index contributed by atoms with van der Waals surface area (Å²) in [5, 5.41) is 0. The number of sulfonamides is 1. The Bertz CT molecular complexity index is 616. The van der Waals surface area contributed by atoms with E-state index in [2.05, 4.69) is 0 Å². The summed E-state index contributed by atoms with van der Waals surface area (Å²) in [7, 11) is -3.94. The fourth-order valence-electron chi connectivity index (χ4n) is 2.58. The first-order valence-electron chi connectivity index (χ1n) is 6.55. The summed E-state index contributed by atoms with van der Waals surface area (Å²) >= 11 is 0. The lowest BCUT2D eigenvalue weighted by atomic mass is 10.1. The summed E-state index contributed by atoms with van der Waals surface area (Å²) in [6, 6.07) is 3.56. The molecule has 21 heavy (non-hydrogen) atoms. The van der Waals surface area contributed by atoms with E-state index in [0.29, 0.717) is 19.0 Å². The van der Waals surface area contributed by atoms with Crippen LogP contribution in [-0.4, -0.2) is 31.9 Å². The van der Waals surface area contributed by atoms with Crippen molar-refractivity contribution in [3.63, 3.8) is 0 Å². The maximum atomic E-state index is 12.7. The van der Waals surface area contributed by atoms with Crippen molar-refractivity contribution in [3.8, 4) is 0 Å². The standard InChI is InChI=1S/C13H17F3N2O2S/c1-9-5-10(7-17)8-18(9)21(19,20)12-4-2-3-11(6-12)13(14,15)16/h2-4,6,9-10H,5,7-8,17H2,1H3. The van der Waals surface area contributed by atoms with Crippen LogP contribution in [0.4, 0.5) is 13.2 Å². The maximum Gasteiger partial charge on any atom is 0.416 e. The fraction of sp³-hybridized carbons (Fsp3) is 0.538. The van der Waals surface area contributed by atoms with E-state index in [1.54, 1.807) is 6.92 Å². The van der Waals surface area contributed by atoms with Gasteiger partial charge in [-0.05, 0) is 44.0 Å². The molecule has 0 bridgehead atoms. The van der Waals surface area contributed by atoms with Crippen LogP contribution in [0.2, 0.25) is 0 Å². The van der Waals surface area contributed by atoms with Crippen molar-refractivity contribution in [2.45, 2.75) is 30.5 Å². The summed E-state index contributed by atoms with van der Waals surface area (Å²) in [5.41, 5.74) is 4.58. The Morgan fingerprint density at radius 1 is 1.38 bits per heavy atom. The predicted octanol–water partition coefficient (Wildman–Crippen LogP) is 2.06. The summed E-state index contributed by atoms with van der Waals surface area (Å²) in [4.78, 5) is -0.332. The molecule has 0 saturated carbocycles. The quantitative estimate of drug-likeness (QED) is 0.926. The zero-order chi connectivity index (χ0) is 15.8. The Morgan fingerprint density at radius 3 is 2.57 bits per heavy atom. The van der Waals surface area contributed by atoms with E-state index in [-0.39, 0.29) is 23.4 Å². The van der Waals surface area contributed by atoms with Crippen molar-refractivity contribution >= 4 is 10.0 Å². The van der Waals surface area contributed by atoms with Crippen molar-refractivity contribution in [3.05, 3.63) is 29.8 Å². The summed E-state index contributed by atoms with van der Waals surface area (Å²) in [6.45, 7) is 2.34. The Hall–Kier alpha value is -1.12. The highest BCUT2D eigenvalue weighted by atomic mass is 32.2. The molecule has 1 aliphatic heterocycles. The second kappa shape index (κ2) is 5.58. The molecule has 2 atom stereocenters. The van der Waals surface area contributed by atoms with Gasteiger partial charge in [-0.2, -0.15) is 17.5 Å². The molecule has 2 N–H and O–H groups in total. The highest BCUT2D eigenvalue weighted by molar-refractivity contribution is 7.89. The summed E-state index contributed by atoms with van der Waals surface area (Å²) in [6.07, 6.45) is -3.95. The molecule has 8 heteroatoms. The zero-order valence-electron chi connectivity index (χ0n) is 11.5. The van der Waals surface area contributed by atoms with Gasteiger partial charge in [-0.25, -0.2) is 8.42 Å². The largest absolute Gasteiger partial charge is 0.416 e. The SMILES string of the molecule is CC1CC(CN)CN1S(=O)(=O)c1cccc(C(F)(F)F)c1. The first-order valence-corrected chi connectivity index (χ1v) is 7.99. The van der Waals surface area contributed by atoms with Gasteiger partial charge >= 0.3 is 6.18 Å². The van der Waals surface area contributed by atoms with Crippen LogP contribution in [0.15, 0.2) is 29.2 Å². The fourth-order valence-corrected chi connectivity index (χ4v) is 4.35. The first kappa shape index (κ1) is 16.3. The molecule has 0 aliphatic carbocycles. The van der Waals surface area contributed by atoms with Crippen molar-refractivity contribution in [2.24, 2.45) is 11.7 Å². The second-order valence-corrected chi connectivity index (χ2v) is 7.18. The van der Waals surface area contributed by atoms with Gasteiger partial charge in [0, 0.05) is 12.6 Å². The van der Waals surface area contributed by atoms with Crippen molar-refractivity contribution < 1.29 is 21.6 Å². The molecule has 1 aromatic carbocycles. The topological polar surface area (TPSA) is 63.4 Å². The van der Waals surface area contributed by atoms with Gasteiger partial charge in [0.05, 0.1) is 10.5 Å². The Morgan fingerprint density at radius 2 is 2.05 bits per heavy atom. The van der Waals surface area contributed by atoms with Crippen LogP contribution in [0.25, 0.3) is 0 Å². The predicted molar refractivity (Wildman–Crippen MR) is 72.0 cm³/mol. The van der Waals surface area contributed by atoms with Crippen LogP contribution in [0.3, 0.4) is 0 Å². The molecule has 0 radical (unpaired) electrons. The monoisotopic (exact) mass is 322 g/mol. The molecule has 1 saturated heterocycles. The molecule has 4 nitrogen and oxygen atoms in total. The summed E-state index contributed by atoms with van der Waals surface area (Å²) in [5.74, 6) is 0.0422. The average molecular weight is 322 g/mol. The van der Waals surface area contributed by atoms with Gasteiger partial charge in [0.25, 0.3) is 0 Å². The highest BCUT2D eigenvalue weighted by Gasteiger charge is 2.38. The van der Waals surface area contributed by atoms with E-state index in [0.717, 1.165) is 12.1 Å². The van der Waals surface area contributed by atoms with Gasteiger partial charge in [-0.15, -0.1) is 0 Å². The number of nitrogens with zero attached hydrogens (tertiary/aromatic N) is 1. The smallest absolute Gasteiger partial charge is 0.330 e. The van der Waals surface area contributed by atoms with E-state index in [4.69, 9.17) is 5.73 Å². The zero-order valence-corrected chi connectivity index (χ0v) is 12.3. The third-order valence-electron chi connectivity index (χ3n) is 3.71. The molecule has 0 aromatic heterocycles. The molecule has 1 aliphatic rings. The van der Waals surface area contributed by atoms with Gasteiger partial charge in [0.1, 0.15) is 0 Å². The number of benzene rings is 1. The molecule has 2 rings (SSSR count). The van der Waals surface area contributed by atoms with Gasteiger partial charge in [0.15, 0.2) is 0 Å². The molecular formula is C13H17F3N2O2S. The molecule has 1 aromatic rings. The molecule has 1 heterocycles. The van der Waals surface area contributed by atoms with Gasteiger partial charge in [-0.3, -0.25) is 0 Å². The minimum absolute atomic E-state index is 0.0422. The van der Waals surface area contributed by atoms with Crippen molar-refractivity contribution in [2.75, 3.05) is 13.1 Å². The maximum absolute atomic E-state index is 12.7. The highest BCUT2D eigenvalue weighted by Crippen LogP contribution is 2.33. The lowest BCUT2D eigenvalue weighted by Crippen LogP contribution is -2.34. The molecule has 1 fully saturated rings. The van der Waals surface area contributed by atoms with Crippen LogP contribution in [0.5, 0.6) is 0 Å². The first-order chi connectivity index (χ1) is 9.66. The lowest BCUT2D eigenvalue weighted by molar-refractivity contribution is -0.137. The van der Waals surface area contributed by atoms with E-state index in [1.807, 2.05) is 0 Å². The van der Waals surface area contributed by atoms with E-state index in [1.165, 1.54) is 10.4 Å². The van der Waals surface area contributed by atoms with Crippen molar-refractivity contribution in [1.29, 1.82) is 0 Å². The number of halogens is 3. The van der Waals surface area contributed by atoms with Crippen LogP contribution >= 0.6 is 0 Å². The number of alkyl halides is 3. The lowest BCUT2D eigenvalue weighted by Gasteiger charge is -2.21. The van der Waals surface area contributed by atoms with E-state index >= 15 is 0 Å². The number of hydrogen-bond donors (Lipinski definition) is 1. The minimum Gasteiger partial charge on any atom is -0.330 e. The Labute approximate surface area is 121 Å². The van der Waals surface area contributed by atoms with Gasteiger partial charge < -0.3 is 5.73 Å². The number of rotatable bonds is 3. The minimum atomic E-state index is -4.57. The normalized spacial score (nSPS) is 24.4. The van der Waals surface area contributed by atoms with Crippen LogP contribution in [-0.2, 0) is 16.2 Å². The number of nitrogens with two attached hydrogens (primary N) is 1. The molecule has 118 valence electrons. The average Bonchev–Trinajstić information content (AvgIpc) is 2.80. The van der Waals surface area contributed by atoms with E-state index < -0.39 is 21.8 Å². The third kappa shape index (κ3) is 3.22. The third-order valence-corrected chi connectivity index (χ3v) is 5.68. The molecule has 0 spiro atoms. The van der Waals surface area contributed by atoms with Crippen LogP contribution < -0.4 is 5.73 Å². The van der Waals surface area contributed by atoms with E-state index in [9.17, 15) is 21.6 Å². The van der Waals surface area contributed by atoms with Gasteiger partial charge in [-0.1, -0.05) is 6.07 Å². The number of hydrogen-bond acceptors (Lipinski definition) is 3. The Kier molecular flexibility index (Phi) is 4.32. The molecule has 2 unspecified atom stereocenters. The van der Waals surface area contributed by atoms with Gasteiger partial charge in [0.2, 0.25) is 10.0 Å². The van der Waals surface area contributed by atoms with Crippen molar-refractivity contribution in [1.82, 2.24) is 4.31 Å². The second-order valence-electron chi connectivity index (χ2n) is 5.29. The molecule has 0 amide bonds. The van der Waals surface area contributed by atoms with Crippen LogP contribution in [0, 0.1) is 5.92 Å². The Balaban J connectivity index is 2.37.